The van der Waals surface area contributed by atoms with Crippen molar-refractivity contribution in [1.29, 1.82) is 0 Å². The summed E-state index contributed by atoms with van der Waals surface area (Å²) in [4.78, 5) is 5.06. The number of rotatable bonds is 6. The molecule has 0 aromatic heterocycles. The molecule has 1 saturated heterocycles. The normalized spacial score (nSPS) is 16.4. The van der Waals surface area contributed by atoms with Gasteiger partial charge in [0.25, 0.3) is 0 Å². The van der Waals surface area contributed by atoms with Gasteiger partial charge in [-0.25, -0.2) is 0 Å². The smallest absolute Gasteiger partial charge is 0.304 e. The maximum absolute atomic E-state index is 9.49. The van der Waals surface area contributed by atoms with E-state index in [1.807, 2.05) is 12.1 Å². The maximum atomic E-state index is 9.49. The zero-order chi connectivity index (χ0) is 24.4. The zero-order valence-corrected chi connectivity index (χ0v) is 21.1. The summed E-state index contributed by atoms with van der Waals surface area (Å²) in [6.07, 6.45) is 1.97. The number of benzene rings is 3. The average Bonchev–Trinajstić information content (AvgIpc) is 2.92. The number of hydrogen-bond donors (Lipinski definition) is 1. The molecule has 1 aliphatic carbocycles. The Bertz CT molecular complexity index is 1190. The molecule has 0 radical (unpaired) electrons. The molecule has 0 unspecified atom stereocenters. The maximum Gasteiger partial charge on any atom is 0.304 e. The van der Waals surface area contributed by atoms with Crippen LogP contribution in [0.2, 0.25) is 0 Å². The molecule has 3 aromatic rings. The van der Waals surface area contributed by atoms with Gasteiger partial charge in [-0.2, -0.15) is 0 Å². The number of nitrogens with zero attached hydrogens (tertiary/aromatic N) is 2. The minimum atomic E-state index is 0.0711. The van der Waals surface area contributed by atoms with Gasteiger partial charge in [0.05, 0.1) is 7.11 Å². The summed E-state index contributed by atoms with van der Waals surface area (Å²) in [5, 5.41) is 9.49. The molecule has 5 rings (SSSR count). The molecule has 1 N–H and O–H groups in total. The van der Waals surface area contributed by atoms with Crippen LogP contribution in [0.5, 0.6) is 5.75 Å². The molecule has 2 aliphatic rings. The van der Waals surface area contributed by atoms with Gasteiger partial charge in [0.1, 0.15) is 5.75 Å². The Kier molecular flexibility index (Phi) is 6.98. The molecule has 0 amide bonds. The number of aryl methyl sites for hydroxylation is 1. The standard InChI is InChI=1S/C30H35BN2O2/c1-21(2)32-16-18-33(19-17-32)26-11-6-23(7-12-26)30-28(22-4-9-25(31-34)10-5-22)14-8-24-20-27(35-3)13-15-29(24)30/h4-7,9-13,15,20-21,31,34H,8,14,16-19H2,1-3H3. The van der Waals surface area contributed by atoms with Crippen molar-refractivity contribution in [2.45, 2.75) is 32.7 Å². The molecule has 0 bridgehead atoms. The van der Waals surface area contributed by atoms with E-state index < -0.39 is 0 Å². The highest BCUT2D eigenvalue weighted by atomic mass is 16.5. The lowest BCUT2D eigenvalue weighted by atomic mass is 9.79. The van der Waals surface area contributed by atoms with Crippen LogP contribution in [0.1, 0.15) is 42.5 Å². The van der Waals surface area contributed by atoms with E-state index in [0.29, 0.717) is 6.04 Å². The van der Waals surface area contributed by atoms with Crippen molar-refractivity contribution in [3.63, 3.8) is 0 Å². The van der Waals surface area contributed by atoms with Crippen molar-refractivity contribution in [3.8, 4) is 5.75 Å². The molecule has 1 aliphatic heterocycles. The largest absolute Gasteiger partial charge is 0.497 e. The van der Waals surface area contributed by atoms with E-state index in [0.717, 1.165) is 50.2 Å². The molecule has 5 heteroatoms. The number of fused-ring (bicyclic) bond motifs is 1. The fourth-order valence-electron chi connectivity index (χ4n) is 5.46. The molecule has 180 valence electrons. The van der Waals surface area contributed by atoms with Gasteiger partial charge in [0.2, 0.25) is 0 Å². The second kappa shape index (κ2) is 10.3. The average molecular weight is 466 g/mol. The topological polar surface area (TPSA) is 35.9 Å². The number of ether oxygens (including phenoxy) is 1. The van der Waals surface area contributed by atoms with Crippen LogP contribution in [0.3, 0.4) is 0 Å². The second-order valence-corrected chi connectivity index (χ2v) is 9.90. The van der Waals surface area contributed by atoms with Crippen LogP contribution in [-0.2, 0) is 6.42 Å². The van der Waals surface area contributed by atoms with Crippen LogP contribution in [0.15, 0.2) is 66.7 Å². The van der Waals surface area contributed by atoms with Gasteiger partial charge >= 0.3 is 7.48 Å². The first-order valence-electron chi connectivity index (χ1n) is 12.8. The van der Waals surface area contributed by atoms with Gasteiger partial charge in [0, 0.05) is 37.9 Å². The van der Waals surface area contributed by atoms with Crippen LogP contribution < -0.4 is 15.1 Å². The molecule has 3 aromatic carbocycles. The van der Waals surface area contributed by atoms with Crippen LogP contribution in [0.4, 0.5) is 5.69 Å². The number of methoxy groups -OCH3 is 1. The SMILES string of the molecule is COc1ccc2c(c1)CCC(c1ccc(BO)cc1)=C2c1ccc(N2CCN(C(C)C)CC2)cc1. The fraction of sp³-hybridized carbons (Fsp3) is 0.333. The zero-order valence-electron chi connectivity index (χ0n) is 21.1. The Balaban J connectivity index is 1.51. The molecule has 35 heavy (non-hydrogen) atoms. The minimum Gasteiger partial charge on any atom is -0.497 e. The van der Waals surface area contributed by atoms with Crippen molar-refractivity contribution >= 4 is 29.8 Å². The summed E-state index contributed by atoms with van der Waals surface area (Å²) in [7, 11) is 1.80. The molecular weight excluding hydrogens is 431 g/mol. The van der Waals surface area contributed by atoms with E-state index in [-0.39, 0.29) is 7.48 Å². The van der Waals surface area contributed by atoms with Gasteiger partial charge in [0.15, 0.2) is 0 Å². The van der Waals surface area contributed by atoms with Crippen LogP contribution >= 0.6 is 0 Å². The van der Waals surface area contributed by atoms with Crippen LogP contribution in [0, 0.1) is 0 Å². The number of hydrogen-bond acceptors (Lipinski definition) is 4. The number of piperazine rings is 1. The molecular formula is C30H35BN2O2. The van der Waals surface area contributed by atoms with Crippen LogP contribution in [0.25, 0.3) is 11.1 Å². The molecule has 1 heterocycles. The molecule has 0 saturated carbocycles. The fourth-order valence-corrected chi connectivity index (χ4v) is 5.46. The molecule has 0 spiro atoms. The lowest BCUT2D eigenvalue weighted by Gasteiger charge is -2.38. The van der Waals surface area contributed by atoms with Crippen molar-refractivity contribution in [2.75, 3.05) is 38.2 Å². The first-order chi connectivity index (χ1) is 17.1. The highest BCUT2D eigenvalue weighted by Crippen LogP contribution is 2.42. The van der Waals surface area contributed by atoms with E-state index >= 15 is 0 Å². The van der Waals surface area contributed by atoms with E-state index in [2.05, 4.69) is 78.2 Å². The Morgan fingerprint density at radius 3 is 2.14 bits per heavy atom. The van der Waals surface area contributed by atoms with Crippen molar-refractivity contribution < 1.29 is 9.76 Å². The number of anilines is 1. The minimum absolute atomic E-state index is 0.0711. The van der Waals surface area contributed by atoms with Gasteiger partial charge in [-0.3, -0.25) is 4.90 Å². The summed E-state index contributed by atoms with van der Waals surface area (Å²) in [6.45, 7) is 8.95. The van der Waals surface area contributed by atoms with Crippen molar-refractivity contribution in [2.24, 2.45) is 0 Å². The van der Waals surface area contributed by atoms with E-state index in [1.54, 1.807) is 7.11 Å². The summed E-state index contributed by atoms with van der Waals surface area (Å²) in [6, 6.07) is 24.6. The monoisotopic (exact) mass is 466 g/mol. The molecule has 1 fully saturated rings. The lowest BCUT2D eigenvalue weighted by molar-refractivity contribution is 0.209. The second-order valence-electron chi connectivity index (χ2n) is 9.90. The van der Waals surface area contributed by atoms with E-state index in [4.69, 9.17) is 4.74 Å². The summed E-state index contributed by atoms with van der Waals surface area (Å²) >= 11 is 0. The lowest BCUT2D eigenvalue weighted by Crippen LogP contribution is -2.48. The van der Waals surface area contributed by atoms with Crippen LogP contribution in [-0.4, -0.2) is 56.7 Å². The number of allylic oxidation sites excluding steroid dienone is 1. The third-order valence-electron chi connectivity index (χ3n) is 7.58. The van der Waals surface area contributed by atoms with Gasteiger partial charge in [-0.1, -0.05) is 47.9 Å². The highest BCUT2D eigenvalue weighted by molar-refractivity contribution is 6.45. The Labute approximate surface area is 210 Å². The van der Waals surface area contributed by atoms with Crippen molar-refractivity contribution in [1.82, 2.24) is 4.90 Å². The van der Waals surface area contributed by atoms with Crippen molar-refractivity contribution in [3.05, 3.63) is 89.0 Å². The Morgan fingerprint density at radius 1 is 0.829 bits per heavy atom. The Morgan fingerprint density at radius 2 is 1.51 bits per heavy atom. The molecule has 4 nitrogen and oxygen atoms in total. The predicted molar refractivity (Wildman–Crippen MR) is 148 cm³/mol. The highest BCUT2D eigenvalue weighted by Gasteiger charge is 2.23. The van der Waals surface area contributed by atoms with Gasteiger partial charge in [-0.15, -0.1) is 0 Å². The first kappa shape index (κ1) is 23.7. The van der Waals surface area contributed by atoms with Gasteiger partial charge < -0.3 is 14.7 Å². The van der Waals surface area contributed by atoms with Gasteiger partial charge in [-0.05, 0) is 84.4 Å². The first-order valence-corrected chi connectivity index (χ1v) is 12.8. The summed E-state index contributed by atoms with van der Waals surface area (Å²) < 4.78 is 5.51. The summed E-state index contributed by atoms with van der Waals surface area (Å²) in [5.41, 5.74) is 10.0. The predicted octanol–water partition coefficient (Wildman–Crippen LogP) is 4.10. The van der Waals surface area contributed by atoms with E-state index in [9.17, 15) is 5.02 Å². The Hall–Kier alpha value is -3.02. The van der Waals surface area contributed by atoms with E-state index in [1.165, 1.54) is 39.1 Å². The quantitative estimate of drug-likeness (QED) is 0.555. The molecule has 0 atom stereocenters. The third-order valence-corrected chi connectivity index (χ3v) is 7.58. The third kappa shape index (κ3) is 4.89. The summed E-state index contributed by atoms with van der Waals surface area (Å²) in [5.74, 6) is 0.912.